The highest BCUT2D eigenvalue weighted by atomic mass is 32.2. The molecule has 214 valence electrons. The molecule has 0 radical (unpaired) electrons. The number of alkyl halides is 3. The number of carbonyl (C=O) groups is 2. The monoisotopic (exact) mass is 582 g/mol. The van der Waals surface area contributed by atoms with E-state index in [1.807, 2.05) is 0 Å². The number of nitrogens with zero attached hydrogens (tertiary/aromatic N) is 3. The standard InChI is InChI=1S/C26H26F4N4O5S/c1-17-14-21(34(18(2)35)16-26(27,28)29)7-6-19(17)8-13-40(37,38)33-11-9-25(10-12-33)24(36)31-23(32-25)20-4-3-5-22(15-20)39-30/h3-8,13-15H,9-12,16H2,1-2H3,(H,31,32,36)/b13-8+. The van der Waals surface area contributed by atoms with Crippen LogP contribution >= 0.6 is 0 Å². The van der Waals surface area contributed by atoms with Gasteiger partial charge in [0.2, 0.25) is 15.9 Å². The molecule has 14 heteroatoms. The number of carbonyl (C=O) groups excluding carboxylic acids is 2. The van der Waals surface area contributed by atoms with Gasteiger partial charge in [-0.05, 0) is 61.2 Å². The highest BCUT2D eigenvalue weighted by Crippen LogP contribution is 2.33. The van der Waals surface area contributed by atoms with Crippen LogP contribution in [-0.4, -0.2) is 61.7 Å². The number of amidine groups is 1. The van der Waals surface area contributed by atoms with Crippen molar-refractivity contribution in [3.8, 4) is 5.75 Å². The van der Waals surface area contributed by atoms with Gasteiger partial charge in [0.25, 0.3) is 5.91 Å². The molecule has 0 aliphatic carbocycles. The second kappa shape index (κ2) is 11.0. The smallest absolute Gasteiger partial charge is 0.308 e. The van der Waals surface area contributed by atoms with Crippen LogP contribution in [0.3, 0.4) is 0 Å². The number of sulfonamides is 1. The lowest BCUT2D eigenvalue weighted by Gasteiger charge is -2.34. The SMILES string of the molecule is CC(=O)N(CC(F)(F)F)c1ccc(/C=C/S(=O)(=O)N2CCC3(CC2)N=C(c2cccc(OF)c2)NC3=O)c(C)c1. The molecule has 0 aromatic heterocycles. The van der Waals surface area contributed by atoms with E-state index < -0.39 is 34.2 Å². The third kappa shape index (κ3) is 6.33. The predicted octanol–water partition coefficient (Wildman–Crippen LogP) is 3.89. The topological polar surface area (TPSA) is 108 Å². The lowest BCUT2D eigenvalue weighted by Crippen LogP contribution is -2.50. The van der Waals surface area contributed by atoms with Gasteiger partial charge in [0, 0.05) is 41.2 Å². The number of hydrogen-bond acceptors (Lipinski definition) is 6. The van der Waals surface area contributed by atoms with Gasteiger partial charge in [0.05, 0.1) is 0 Å². The summed E-state index contributed by atoms with van der Waals surface area (Å²) < 4.78 is 78.4. The number of rotatable bonds is 7. The number of aliphatic imine (C=N–C) groups is 1. The molecule has 9 nitrogen and oxygen atoms in total. The molecule has 2 aliphatic heterocycles. The van der Waals surface area contributed by atoms with E-state index in [-0.39, 0.29) is 49.1 Å². The molecule has 0 saturated carbocycles. The maximum atomic E-state index is 13.0. The molecule has 0 unspecified atom stereocenters. The maximum absolute atomic E-state index is 13.0. The summed E-state index contributed by atoms with van der Waals surface area (Å²) in [5.74, 6) is -0.953. The van der Waals surface area contributed by atoms with Crippen LogP contribution in [0.4, 0.5) is 23.4 Å². The quantitative estimate of drug-likeness (QED) is 0.499. The van der Waals surface area contributed by atoms with Crippen LogP contribution in [0.1, 0.15) is 36.5 Å². The summed E-state index contributed by atoms with van der Waals surface area (Å²) in [6, 6.07) is 10.1. The second-order valence-corrected chi connectivity index (χ2v) is 11.4. The summed E-state index contributed by atoms with van der Waals surface area (Å²) in [5, 5.41) is 3.68. The van der Waals surface area contributed by atoms with E-state index in [9.17, 15) is 35.7 Å². The molecule has 0 atom stereocenters. The van der Waals surface area contributed by atoms with Gasteiger partial charge in [0.1, 0.15) is 17.9 Å². The van der Waals surface area contributed by atoms with Crippen LogP contribution in [0.2, 0.25) is 0 Å². The number of halogens is 4. The first-order valence-electron chi connectivity index (χ1n) is 12.2. The van der Waals surface area contributed by atoms with Crippen molar-refractivity contribution >= 4 is 39.4 Å². The molecule has 2 aromatic rings. The van der Waals surface area contributed by atoms with Crippen molar-refractivity contribution in [2.24, 2.45) is 4.99 Å². The minimum Gasteiger partial charge on any atom is -0.308 e. The lowest BCUT2D eigenvalue weighted by molar-refractivity contribution is -0.131. The van der Waals surface area contributed by atoms with Gasteiger partial charge in [-0.2, -0.15) is 17.5 Å². The van der Waals surface area contributed by atoms with Crippen LogP contribution in [0.5, 0.6) is 5.75 Å². The van der Waals surface area contributed by atoms with E-state index >= 15 is 0 Å². The largest absolute Gasteiger partial charge is 0.406 e. The first-order chi connectivity index (χ1) is 18.7. The Hall–Kier alpha value is -3.78. The minimum atomic E-state index is -4.58. The van der Waals surface area contributed by atoms with E-state index in [1.54, 1.807) is 19.1 Å². The Morgan fingerprint density at radius 1 is 1.20 bits per heavy atom. The number of anilines is 1. The zero-order valence-corrected chi connectivity index (χ0v) is 22.4. The van der Waals surface area contributed by atoms with Crippen LogP contribution in [0.15, 0.2) is 52.9 Å². The number of aryl methyl sites for hydroxylation is 1. The highest BCUT2D eigenvalue weighted by Gasteiger charge is 2.47. The molecule has 1 N–H and O–H groups in total. The number of piperidine rings is 1. The van der Waals surface area contributed by atoms with E-state index in [0.717, 1.165) is 12.3 Å². The molecule has 1 saturated heterocycles. The minimum absolute atomic E-state index is 0.0213. The van der Waals surface area contributed by atoms with Crippen molar-refractivity contribution in [1.82, 2.24) is 9.62 Å². The van der Waals surface area contributed by atoms with Gasteiger partial charge in [-0.15, -0.1) is 0 Å². The Kier molecular flexibility index (Phi) is 8.04. The van der Waals surface area contributed by atoms with Gasteiger partial charge >= 0.3 is 6.18 Å². The molecule has 1 spiro atoms. The van der Waals surface area contributed by atoms with Gasteiger partial charge in [-0.25, -0.2) is 8.42 Å². The van der Waals surface area contributed by atoms with E-state index in [2.05, 4.69) is 15.3 Å². The molecule has 1 fully saturated rings. The average Bonchev–Trinajstić information content (AvgIpc) is 3.21. The fourth-order valence-corrected chi connectivity index (χ4v) is 5.80. The summed E-state index contributed by atoms with van der Waals surface area (Å²) >= 11 is 0. The molecular formula is C26H26F4N4O5S. The summed E-state index contributed by atoms with van der Waals surface area (Å²) in [5.41, 5.74) is 0.261. The summed E-state index contributed by atoms with van der Waals surface area (Å²) in [7, 11) is -3.90. The molecule has 2 aliphatic rings. The van der Waals surface area contributed by atoms with Crippen molar-refractivity contribution in [1.29, 1.82) is 0 Å². The predicted molar refractivity (Wildman–Crippen MR) is 140 cm³/mol. The molecule has 2 heterocycles. The zero-order chi connectivity index (χ0) is 29.3. The molecular weight excluding hydrogens is 556 g/mol. The average molecular weight is 583 g/mol. The first-order valence-corrected chi connectivity index (χ1v) is 13.7. The number of benzene rings is 2. The van der Waals surface area contributed by atoms with Gasteiger partial charge in [0.15, 0.2) is 5.75 Å². The van der Waals surface area contributed by atoms with Gasteiger partial charge < -0.3 is 10.2 Å². The normalized spacial score (nSPS) is 17.6. The third-order valence-electron chi connectivity index (χ3n) is 6.79. The van der Waals surface area contributed by atoms with Crippen molar-refractivity contribution < 1.29 is 40.6 Å². The summed E-state index contributed by atoms with van der Waals surface area (Å²) in [6.45, 7) is 1.23. The van der Waals surface area contributed by atoms with Crippen molar-refractivity contribution in [2.75, 3.05) is 24.5 Å². The fourth-order valence-electron chi connectivity index (χ4n) is 4.62. The van der Waals surface area contributed by atoms with Crippen LogP contribution < -0.4 is 15.2 Å². The Balaban J connectivity index is 1.45. The first kappa shape index (κ1) is 29.2. The molecule has 2 aromatic carbocycles. The van der Waals surface area contributed by atoms with Crippen molar-refractivity contribution in [3.63, 3.8) is 0 Å². The Morgan fingerprint density at radius 3 is 2.50 bits per heavy atom. The third-order valence-corrected chi connectivity index (χ3v) is 8.35. The van der Waals surface area contributed by atoms with Crippen molar-refractivity contribution in [2.45, 2.75) is 38.4 Å². The van der Waals surface area contributed by atoms with Gasteiger partial charge in [-0.3, -0.25) is 19.5 Å². The summed E-state index contributed by atoms with van der Waals surface area (Å²) in [4.78, 5) is 33.4. The van der Waals surface area contributed by atoms with Crippen LogP contribution in [-0.2, 0) is 19.6 Å². The molecule has 40 heavy (non-hydrogen) atoms. The van der Waals surface area contributed by atoms with Crippen molar-refractivity contribution in [3.05, 3.63) is 64.6 Å². The Labute approximate surface area is 228 Å². The van der Waals surface area contributed by atoms with Gasteiger partial charge in [-0.1, -0.05) is 18.2 Å². The fraction of sp³-hybridized carbons (Fsp3) is 0.346. The van der Waals surface area contributed by atoms with Crippen LogP contribution in [0, 0.1) is 6.92 Å². The zero-order valence-electron chi connectivity index (χ0n) is 21.5. The van der Waals surface area contributed by atoms with E-state index in [4.69, 9.17) is 0 Å². The maximum Gasteiger partial charge on any atom is 0.406 e. The van der Waals surface area contributed by atoms with E-state index in [1.165, 1.54) is 40.7 Å². The summed E-state index contributed by atoms with van der Waals surface area (Å²) in [6.07, 6.45) is -3.00. The Morgan fingerprint density at radius 2 is 1.90 bits per heavy atom. The molecule has 2 amide bonds. The number of amides is 2. The second-order valence-electron chi connectivity index (χ2n) is 9.56. The van der Waals surface area contributed by atoms with E-state index in [0.29, 0.717) is 21.6 Å². The number of nitrogens with one attached hydrogen (secondary N) is 1. The molecule has 0 bridgehead atoms. The lowest BCUT2D eigenvalue weighted by atomic mass is 9.89. The highest BCUT2D eigenvalue weighted by molar-refractivity contribution is 7.92. The van der Waals surface area contributed by atoms with Crippen LogP contribution in [0.25, 0.3) is 6.08 Å². The molecule has 4 rings (SSSR count). The number of hydrogen-bond donors (Lipinski definition) is 1. The Bertz CT molecular complexity index is 1480.